The Morgan fingerprint density at radius 2 is 2.08 bits per heavy atom. The first-order valence-corrected chi connectivity index (χ1v) is 8.64. The molecule has 0 radical (unpaired) electrons. The van der Waals surface area contributed by atoms with E-state index in [1.165, 1.54) is 0 Å². The van der Waals surface area contributed by atoms with E-state index in [2.05, 4.69) is 35.1 Å². The third kappa shape index (κ3) is 3.02. The molecule has 130 valence electrons. The molecule has 1 fully saturated rings. The summed E-state index contributed by atoms with van der Waals surface area (Å²) in [5.41, 5.74) is 9.14. The summed E-state index contributed by atoms with van der Waals surface area (Å²) in [5, 5.41) is 3.20. The second-order valence-corrected chi connectivity index (χ2v) is 6.13. The molecule has 25 heavy (non-hydrogen) atoms. The Kier molecular flexibility index (Phi) is 4.20. The van der Waals surface area contributed by atoms with Crippen LogP contribution in [0.1, 0.15) is 19.5 Å². The number of aromatic nitrogens is 3. The van der Waals surface area contributed by atoms with E-state index in [0.29, 0.717) is 5.65 Å². The zero-order chi connectivity index (χ0) is 17.4. The fraction of sp³-hybridized carbons (Fsp3) is 0.389. The standard InChI is InChI=1S/C18H22N6O/c1-3-24(4-2)16-10-20-13-7-6-12(21-17(13)23-16)11-5-8-15-14(9-11)22-18(19)25-15/h5-10,14-15,18,22H,3-4,19H2,1-2H3. The Morgan fingerprint density at radius 1 is 1.24 bits per heavy atom. The Labute approximate surface area is 146 Å². The number of anilines is 1. The lowest BCUT2D eigenvalue weighted by Gasteiger charge is -2.19. The first-order chi connectivity index (χ1) is 12.2. The van der Waals surface area contributed by atoms with Crippen molar-refractivity contribution in [1.29, 1.82) is 0 Å². The van der Waals surface area contributed by atoms with Crippen LogP contribution in [0.4, 0.5) is 5.82 Å². The topological polar surface area (TPSA) is 89.2 Å². The highest BCUT2D eigenvalue weighted by Crippen LogP contribution is 2.26. The number of ether oxygens (including phenoxy) is 1. The third-order valence-electron chi connectivity index (χ3n) is 4.62. The van der Waals surface area contributed by atoms with Crippen molar-refractivity contribution < 1.29 is 4.74 Å². The molecule has 3 heterocycles. The van der Waals surface area contributed by atoms with Crippen LogP contribution >= 0.6 is 0 Å². The predicted molar refractivity (Wildman–Crippen MR) is 97.8 cm³/mol. The van der Waals surface area contributed by atoms with E-state index < -0.39 is 6.35 Å². The molecule has 7 heteroatoms. The van der Waals surface area contributed by atoms with Crippen LogP contribution in [0.15, 0.2) is 36.6 Å². The molecule has 2 aromatic heterocycles. The Morgan fingerprint density at radius 3 is 2.88 bits per heavy atom. The second-order valence-electron chi connectivity index (χ2n) is 6.13. The molecule has 1 aliphatic heterocycles. The van der Waals surface area contributed by atoms with Gasteiger partial charge in [-0.3, -0.25) is 11.1 Å². The minimum Gasteiger partial charge on any atom is -0.356 e. The zero-order valence-electron chi connectivity index (χ0n) is 14.4. The number of nitrogens with one attached hydrogen (secondary N) is 1. The molecule has 3 atom stereocenters. The van der Waals surface area contributed by atoms with Gasteiger partial charge in [-0.05, 0) is 31.6 Å². The maximum Gasteiger partial charge on any atom is 0.180 e. The molecule has 2 aromatic rings. The minimum absolute atomic E-state index is 0.0201. The predicted octanol–water partition coefficient (Wildman–Crippen LogP) is 1.42. The first kappa shape index (κ1) is 16.1. The summed E-state index contributed by atoms with van der Waals surface area (Å²) < 4.78 is 5.57. The number of rotatable bonds is 4. The van der Waals surface area contributed by atoms with Gasteiger partial charge in [0.05, 0.1) is 24.0 Å². The number of hydrogen-bond acceptors (Lipinski definition) is 7. The van der Waals surface area contributed by atoms with Crippen molar-refractivity contribution in [2.24, 2.45) is 5.73 Å². The van der Waals surface area contributed by atoms with Crippen molar-refractivity contribution in [2.75, 3.05) is 18.0 Å². The van der Waals surface area contributed by atoms with Crippen LogP contribution in [0.3, 0.4) is 0 Å². The lowest BCUT2D eigenvalue weighted by atomic mass is 9.98. The van der Waals surface area contributed by atoms with Crippen LogP contribution in [-0.2, 0) is 4.74 Å². The normalized spacial score (nSPS) is 25.1. The zero-order valence-corrected chi connectivity index (χ0v) is 14.4. The summed E-state index contributed by atoms with van der Waals surface area (Å²) in [7, 11) is 0. The van der Waals surface area contributed by atoms with Crippen molar-refractivity contribution in [3.8, 4) is 0 Å². The molecule has 7 nitrogen and oxygen atoms in total. The highest BCUT2D eigenvalue weighted by molar-refractivity contribution is 5.79. The summed E-state index contributed by atoms with van der Waals surface area (Å²) in [6.45, 7) is 5.99. The van der Waals surface area contributed by atoms with Crippen LogP contribution in [0.2, 0.25) is 0 Å². The van der Waals surface area contributed by atoms with Gasteiger partial charge >= 0.3 is 0 Å². The molecule has 0 aromatic carbocycles. The van der Waals surface area contributed by atoms with Crippen LogP contribution in [-0.4, -0.2) is 46.5 Å². The van der Waals surface area contributed by atoms with Gasteiger partial charge in [0.25, 0.3) is 0 Å². The molecule has 0 saturated carbocycles. The van der Waals surface area contributed by atoms with Crippen LogP contribution in [0, 0.1) is 0 Å². The lowest BCUT2D eigenvalue weighted by Crippen LogP contribution is -2.36. The van der Waals surface area contributed by atoms with E-state index in [1.54, 1.807) is 0 Å². The number of allylic oxidation sites excluding steroid dienone is 2. The summed E-state index contributed by atoms with van der Waals surface area (Å²) in [6.07, 6.45) is 7.51. The molecule has 4 rings (SSSR count). The van der Waals surface area contributed by atoms with Gasteiger partial charge in [-0.1, -0.05) is 18.2 Å². The Bertz CT molecular complexity index is 845. The molecular formula is C18H22N6O. The fourth-order valence-electron chi connectivity index (χ4n) is 3.25. The number of fused-ring (bicyclic) bond motifs is 2. The van der Waals surface area contributed by atoms with Gasteiger partial charge in [-0.2, -0.15) is 0 Å². The van der Waals surface area contributed by atoms with Gasteiger partial charge in [0.15, 0.2) is 12.0 Å². The quantitative estimate of drug-likeness (QED) is 0.871. The van der Waals surface area contributed by atoms with E-state index in [-0.39, 0.29) is 12.1 Å². The third-order valence-corrected chi connectivity index (χ3v) is 4.62. The van der Waals surface area contributed by atoms with Crippen molar-refractivity contribution in [2.45, 2.75) is 32.3 Å². The van der Waals surface area contributed by atoms with Gasteiger partial charge in [0.1, 0.15) is 11.3 Å². The first-order valence-electron chi connectivity index (χ1n) is 8.64. The molecular weight excluding hydrogens is 316 g/mol. The minimum atomic E-state index is -0.428. The van der Waals surface area contributed by atoms with Crippen molar-refractivity contribution in [1.82, 2.24) is 20.3 Å². The summed E-state index contributed by atoms with van der Waals surface area (Å²) >= 11 is 0. The average Bonchev–Trinajstić information content (AvgIpc) is 3.01. The maximum atomic E-state index is 5.79. The molecule has 3 N–H and O–H groups in total. The van der Waals surface area contributed by atoms with Crippen molar-refractivity contribution >= 4 is 22.6 Å². The highest BCUT2D eigenvalue weighted by atomic mass is 16.5. The smallest absolute Gasteiger partial charge is 0.180 e. The average molecular weight is 338 g/mol. The second kappa shape index (κ2) is 6.51. The van der Waals surface area contributed by atoms with E-state index in [9.17, 15) is 0 Å². The highest BCUT2D eigenvalue weighted by Gasteiger charge is 2.31. The van der Waals surface area contributed by atoms with Gasteiger partial charge in [-0.15, -0.1) is 0 Å². The van der Waals surface area contributed by atoms with Crippen LogP contribution < -0.4 is 16.0 Å². The molecule has 0 amide bonds. The SMILES string of the molecule is CCN(CC)c1cnc2ccc(C3=CC4NC(N)OC4C=C3)nc2n1. The van der Waals surface area contributed by atoms with Crippen LogP contribution in [0.25, 0.3) is 16.7 Å². The van der Waals surface area contributed by atoms with Crippen molar-refractivity contribution in [3.05, 3.63) is 42.3 Å². The van der Waals surface area contributed by atoms with E-state index >= 15 is 0 Å². The van der Waals surface area contributed by atoms with E-state index in [4.69, 9.17) is 20.4 Å². The summed E-state index contributed by atoms with van der Waals surface area (Å²) in [6, 6.07) is 4.00. The molecule has 2 aliphatic rings. The monoisotopic (exact) mass is 338 g/mol. The number of nitrogens with two attached hydrogens (primary N) is 1. The maximum absolute atomic E-state index is 5.79. The van der Waals surface area contributed by atoms with Gasteiger partial charge in [0.2, 0.25) is 0 Å². The summed E-state index contributed by atoms with van der Waals surface area (Å²) in [4.78, 5) is 16.1. The Balaban J connectivity index is 1.69. The summed E-state index contributed by atoms with van der Waals surface area (Å²) in [5.74, 6) is 0.854. The van der Waals surface area contributed by atoms with Gasteiger partial charge in [0, 0.05) is 13.1 Å². The van der Waals surface area contributed by atoms with Crippen LogP contribution in [0.5, 0.6) is 0 Å². The molecule has 0 bridgehead atoms. The van der Waals surface area contributed by atoms with Gasteiger partial charge < -0.3 is 9.64 Å². The fourth-order valence-corrected chi connectivity index (χ4v) is 3.25. The lowest BCUT2D eigenvalue weighted by molar-refractivity contribution is 0.0680. The molecule has 0 spiro atoms. The Hall–Kier alpha value is -2.35. The molecule has 1 saturated heterocycles. The van der Waals surface area contributed by atoms with Gasteiger partial charge in [-0.25, -0.2) is 15.0 Å². The largest absolute Gasteiger partial charge is 0.356 e. The number of pyridine rings is 1. The number of nitrogens with zero attached hydrogens (tertiary/aromatic N) is 4. The number of hydrogen-bond donors (Lipinski definition) is 2. The molecule has 3 unspecified atom stereocenters. The van der Waals surface area contributed by atoms with Crippen molar-refractivity contribution in [3.63, 3.8) is 0 Å². The van der Waals surface area contributed by atoms with E-state index in [1.807, 2.05) is 30.5 Å². The van der Waals surface area contributed by atoms with E-state index in [0.717, 1.165) is 35.7 Å². The molecule has 1 aliphatic carbocycles.